The van der Waals surface area contributed by atoms with Crippen LogP contribution < -0.4 is 20.4 Å². The standard InChI is InChI=1S/C19H27FN4O4/c1-19(2,3)28-17(25)22-11-14-12-24(18(26)27-14)13-4-5-16(15(20)10-13)23-8-6-21-7-9-23/h4-5,10,14,21H,6-9,11-12H2,1-3H3,(H,22,25)/t14-/m0/s1. The SMILES string of the molecule is CC(C)(C)OC(=O)NC[C@H]1CN(c2ccc(N3CCNCC3)c(F)c2)C(=O)O1. The van der Waals surface area contributed by atoms with Crippen LogP contribution in [-0.2, 0) is 9.47 Å². The number of nitrogens with one attached hydrogen (secondary N) is 2. The van der Waals surface area contributed by atoms with Crippen molar-refractivity contribution in [3.8, 4) is 0 Å². The van der Waals surface area contributed by atoms with Gasteiger partial charge in [0.05, 0.1) is 24.5 Å². The second-order valence-corrected chi connectivity index (χ2v) is 7.87. The number of hydrogen-bond acceptors (Lipinski definition) is 6. The molecule has 8 nitrogen and oxygen atoms in total. The second kappa shape index (κ2) is 8.22. The highest BCUT2D eigenvalue weighted by Crippen LogP contribution is 2.28. The lowest BCUT2D eigenvalue weighted by Crippen LogP contribution is -2.43. The number of amides is 2. The number of rotatable bonds is 4. The van der Waals surface area contributed by atoms with E-state index < -0.39 is 23.9 Å². The third-order valence-electron chi connectivity index (χ3n) is 4.45. The predicted octanol–water partition coefficient (Wildman–Crippen LogP) is 2.09. The van der Waals surface area contributed by atoms with Crippen LogP contribution in [0.2, 0.25) is 0 Å². The summed E-state index contributed by atoms with van der Waals surface area (Å²) in [6.45, 7) is 8.74. The number of piperazine rings is 1. The number of halogens is 1. The number of alkyl carbamates (subject to hydrolysis) is 1. The van der Waals surface area contributed by atoms with Gasteiger partial charge in [-0.25, -0.2) is 14.0 Å². The first-order valence-corrected chi connectivity index (χ1v) is 9.43. The van der Waals surface area contributed by atoms with Gasteiger partial charge in [-0.3, -0.25) is 4.90 Å². The molecule has 2 amide bonds. The summed E-state index contributed by atoms with van der Waals surface area (Å²) < 4.78 is 25.0. The summed E-state index contributed by atoms with van der Waals surface area (Å²) in [6, 6.07) is 4.75. The van der Waals surface area contributed by atoms with Crippen molar-refractivity contribution in [2.45, 2.75) is 32.5 Å². The van der Waals surface area contributed by atoms with Crippen LogP contribution in [0.4, 0.5) is 25.4 Å². The lowest BCUT2D eigenvalue weighted by molar-refractivity contribution is 0.0496. The zero-order chi connectivity index (χ0) is 20.3. The molecule has 0 aromatic heterocycles. The average Bonchev–Trinajstić information content (AvgIpc) is 3.00. The van der Waals surface area contributed by atoms with Crippen molar-refractivity contribution in [1.29, 1.82) is 0 Å². The van der Waals surface area contributed by atoms with Crippen molar-refractivity contribution in [2.24, 2.45) is 0 Å². The lowest BCUT2D eigenvalue weighted by Gasteiger charge is -2.30. The van der Waals surface area contributed by atoms with Gasteiger partial charge >= 0.3 is 12.2 Å². The minimum absolute atomic E-state index is 0.124. The number of carbonyl (C=O) groups is 2. The molecule has 0 bridgehead atoms. The topological polar surface area (TPSA) is 83.1 Å². The summed E-state index contributed by atoms with van der Waals surface area (Å²) in [6.07, 6.45) is -1.67. The molecule has 2 fully saturated rings. The van der Waals surface area contributed by atoms with Crippen LogP contribution in [0.3, 0.4) is 0 Å². The predicted molar refractivity (Wildman–Crippen MR) is 103 cm³/mol. The fourth-order valence-corrected chi connectivity index (χ4v) is 3.18. The lowest BCUT2D eigenvalue weighted by atomic mass is 10.2. The Labute approximate surface area is 163 Å². The molecule has 1 aromatic carbocycles. The Hall–Kier alpha value is -2.55. The Balaban J connectivity index is 1.59. The van der Waals surface area contributed by atoms with Gasteiger partial charge in [-0.05, 0) is 39.0 Å². The van der Waals surface area contributed by atoms with Crippen molar-refractivity contribution in [3.63, 3.8) is 0 Å². The van der Waals surface area contributed by atoms with Gasteiger partial charge < -0.3 is 25.0 Å². The molecular formula is C19H27FN4O4. The number of carbonyl (C=O) groups excluding carboxylic acids is 2. The van der Waals surface area contributed by atoms with E-state index in [0.717, 1.165) is 26.2 Å². The largest absolute Gasteiger partial charge is 0.444 e. The van der Waals surface area contributed by atoms with E-state index in [0.29, 0.717) is 11.4 Å². The van der Waals surface area contributed by atoms with E-state index in [2.05, 4.69) is 10.6 Å². The number of anilines is 2. The highest BCUT2D eigenvalue weighted by Gasteiger charge is 2.33. The molecule has 2 saturated heterocycles. The van der Waals surface area contributed by atoms with Gasteiger partial charge in [0.2, 0.25) is 0 Å². The third-order valence-corrected chi connectivity index (χ3v) is 4.45. The second-order valence-electron chi connectivity index (χ2n) is 7.87. The normalized spacial score (nSPS) is 20.1. The molecular weight excluding hydrogens is 367 g/mol. The number of ether oxygens (including phenoxy) is 2. The van der Waals surface area contributed by atoms with Crippen LogP contribution in [0.15, 0.2) is 18.2 Å². The van der Waals surface area contributed by atoms with Crippen molar-refractivity contribution >= 4 is 23.6 Å². The first-order chi connectivity index (χ1) is 13.2. The van der Waals surface area contributed by atoms with Gasteiger partial charge in [-0.15, -0.1) is 0 Å². The van der Waals surface area contributed by atoms with Crippen LogP contribution in [0.25, 0.3) is 0 Å². The van der Waals surface area contributed by atoms with E-state index in [1.807, 2.05) is 4.90 Å². The molecule has 1 aromatic rings. The average molecular weight is 394 g/mol. The molecule has 0 spiro atoms. The number of cyclic esters (lactones) is 1. The fraction of sp³-hybridized carbons (Fsp3) is 0.579. The van der Waals surface area contributed by atoms with Crippen molar-refractivity contribution in [2.75, 3.05) is 49.1 Å². The van der Waals surface area contributed by atoms with Gasteiger partial charge in [-0.2, -0.15) is 0 Å². The Morgan fingerprint density at radius 3 is 2.71 bits per heavy atom. The maximum absolute atomic E-state index is 14.6. The summed E-state index contributed by atoms with van der Waals surface area (Å²) in [7, 11) is 0. The number of hydrogen-bond donors (Lipinski definition) is 2. The summed E-state index contributed by atoms with van der Waals surface area (Å²) in [5.74, 6) is -0.373. The van der Waals surface area contributed by atoms with Gasteiger partial charge in [0.15, 0.2) is 0 Å². The third kappa shape index (κ3) is 5.03. The van der Waals surface area contributed by atoms with Gasteiger partial charge in [0.1, 0.15) is 17.5 Å². The highest BCUT2D eigenvalue weighted by molar-refractivity contribution is 5.90. The Morgan fingerprint density at radius 2 is 2.07 bits per heavy atom. The molecule has 2 heterocycles. The van der Waals surface area contributed by atoms with Crippen molar-refractivity contribution < 1.29 is 23.5 Å². The Kier molecular flexibility index (Phi) is 5.93. The Morgan fingerprint density at radius 1 is 1.36 bits per heavy atom. The summed E-state index contributed by atoms with van der Waals surface area (Å²) in [5.41, 5.74) is 0.355. The smallest absolute Gasteiger partial charge is 0.414 e. The summed E-state index contributed by atoms with van der Waals surface area (Å²) >= 11 is 0. The molecule has 1 atom stereocenters. The van der Waals surface area contributed by atoms with Gasteiger partial charge in [-0.1, -0.05) is 0 Å². The minimum Gasteiger partial charge on any atom is -0.444 e. The number of nitrogens with zero attached hydrogens (tertiary/aromatic N) is 2. The van der Waals surface area contributed by atoms with Crippen molar-refractivity contribution in [1.82, 2.24) is 10.6 Å². The minimum atomic E-state index is -0.605. The van der Waals surface area contributed by atoms with E-state index >= 15 is 0 Å². The molecule has 0 unspecified atom stereocenters. The maximum atomic E-state index is 14.6. The molecule has 0 saturated carbocycles. The van der Waals surface area contributed by atoms with E-state index in [4.69, 9.17) is 9.47 Å². The molecule has 9 heteroatoms. The monoisotopic (exact) mass is 394 g/mol. The van der Waals surface area contributed by atoms with Crippen LogP contribution in [0, 0.1) is 5.82 Å². The van der Waals surface area contributed by atoms with Crippen LogP contribution >= 0.6 is 0 Å². The molecule has 0 radical (unpaired) electrons. The van der Waals surface area contributed by atoms with Crippen LogP contribution in [0.5, 0.6) is 0 Å². The molecule has 2 aliphatic rings. The summed E-state index contributed by atoms with van der Waals surface area (Å²) in [4.78, 5) is 27.3. The zero-order valence-electron chi connectivity index (χ0n) is 16.5. The first-order valence-electron chi connectivity index (χ1n) is 9.43. The highest BCUT2D eigenvalue weighted by atomic mass is 19.1. The first kappa shape index (κ1) is 20.2. The number of benzene rings is 1. The van der Waals surface area contributed by atoms with Crippen LogP contribution in [0.1, 0.15) is 20.8 Å². The van der Waals surface area contributed by atoms with E-state index in [1.54, 1.807) is 32.9 Å². The zero-order valence-corrected chi connectivity index (χ0v) is 16.5. The summed E-state index contributed by atoms with van der Waals surface area (Å²) in [5, 5.41) is 5.82. The van der Waals surface area contributed by atoms with E-state index in [-0.39, 0.29) is 18.9 Å². The fourth-order valence-electron chi connectivity index (χ4n) is 3.18. The molecule has 0 aliphatic carbocycles. The van der Waals surface area contributed by atoms with E-state index in [9.17, 15) is 14.0 Å². The molecule has 154 valence electrons. The maximum Gasteiger partial charge on any atom is 0.414 e. The van der Waals surface area contributed by atoms with Gasteiger partial charge in [0, 0.05) is 26.2 Å². The molecule has 2 N–H and O–H groups in total. The Bertz CT molecular complexity index is 731. The van der Waals surface area contributed by atoms with Crippen molar-refractivity contribution in [3.05, 3.63) is 24.0 Å². The molecule has 3 rings (SSSR count). The van der Waals surface area contributed by atoms with Gasteiger partial charge in [0.25, 0.3) is 0 Å². The van der Waals surface area contributed by atoms with Crippen LogP contribution in [-0.4, -0.2) is 63.2 Å². The van der Waals surface area contributed by atoms with E-state index in [1.165, 1.54) is 11.0 Å². The quantitative estimate of drug-likeness (QED) is 0.814. The molecule has 28 heavy (non-hydrogen) atoms. The molecule has 2 aliphatic heterocycles.